The first-order valence-electron chi connectivity index (χ1n) is 19.3. The Morgan fingerprint density at radius 1 is 0.820 bits per heavy atom. The fraction of sp³-hybridized carbons (Fsp3) is 0.174. The van der Waals surface area contributed by atoms with Crippen LogP contribution in [-0.2, 0) is 11.2 Å². The highest BCUT2D eigenvalue weighted by Crippen LogP contribution is 2.42. The van der Waals surface area contributed by atoms with Crippen molar-refractivity contribution in [1.82, 2.24) is 29.9 Å². The lowest BCUT2D eigenvalue weighted by Crippen LogP contribution is -2.44. The number of nitrogens with one attached hydrogen (secondary N) is 1. The van der Waals surface area contributed by atoms with Crippen molar-refractivity contribution >= 4 is 73.8 Å². The lowest BCUT2D eigenvalue weighted by Gasteiger charge is -2.34. The van der Waals surface area contributed by atoms with E-state index in [1.54, 1.807) is 57.2 Å². The minimum absolute atomic E-state index is 0.150. The maximum atomic E-state index is 16.5. The SMILES string of the molecule is COc1cncc(-c2cnc(N3CCO[C@@H](Cc4cc(Cl)c5nc(-c6ccccn6)c(C)c(Cl)c5c4F)C3)cc2Nc2c(C)c(-c3ccccn3)nc3c(Cl)ccc(F)c23)c1. The largest absolute Gasteiger partial charge is 0.495 e. The molecule has 15 heteroatoms. The Kier molecular flexibility index (Phi) is 11.1. The maximum Gasteiger partial charge on any atom is 0.137 e. The number of pyridine rings is 6. The molecule has 0 radical (unpaired) electrons. The molecule has 8 aromatic rings. The molecule has 10 nitrogen and oxygen atoms in total. The Labute approximate surface area is 364 Å². The number of nitrogens with zero attached hydrogens (tertiary/aromatic N) is 7. The summed E-state index contributed by atoms with van der Waals surface area (Å²) in [7, 11) is 1.57. The molecule has 1 saturated heterocycles. The fourth-order valence-electron chi connectivity index (χ4n) is 7.72. The van der Waals surface area contributed by atoms with Gasteiger partial charge in [0.2, 0.25) is 0 Å². The van der Waals surface area contributed by atoms with Crippen LogP contribution in [-0.4, -0.2) is 62.8 Å². The summed E-state index contributed by atoms with van der Waals surface area (Å²) in [5.41, 5.74) is 6.85. The summed E-state index contributed by atoms with van der Waals surface area (Å²) in [5, 5.41) is 4.71. The molecule has 7 heterocycles. The highest BCUT2D eigenvalue weighted by molar-refractivity contribution is 6.40. The summed E-state index contributed by atoms with van der Waals surface area (Å²) in [4.78, 5) is 29.8. The van der Waals surface area contributed by atoms with Gasteiger partial charge in [-0.05, 0) is 73.5 Å². The van der Waals surface area contributed by atoms with E-state index in [4.69, 9.17) is 59.2 Å². The lowest BCUT2D eigenvalue weighted by atomic mass is 10.0. The minimum Gasteiger partial charge on any atom is -0.495 e. The van der Waals surface area contributed by atoms with Crippen molar-refractivity contribution < 1.29 is 18.3 Å². The van der Waals surface area contributed by atoms with Gasteiger partial charge in [0, 0.05) is 67.1 Å². The molecule has 0 aliphatic carbocycles. The molecule has 9 rings (SSSR count). The second-order valence-corrected chi connectivity index (χ2v) is 15.8. The Balaban J connectivity index is 1.09. The summed E-state index contributed by atoms with van der Waals surface area (Å²) >= 11 is 20.4. The van der Waals surface area contributed by atoms with Crippen LogP contribution in [0.1, 0.15) is 16.7 Å². The van der Waals surface area contributed by atoms with E-state index >= 15 is 8.78 Å². The first kappa shape index (κ1) is 40.4. The van der Waals surface area contributed by atoms with E-state index in [0.717, 1.165) is 0 Å². The van der Waals surface area contributed by atoms with Crippen molar-refractivity contribution in [2.75, 3.05) is 37.0 Å². The molecule has 6 aromatic heterocycles. The molecular formula is C46H35Cl3F2N8O2. The second kappa shape index (κ2) is 16.8. The standard InChI is InChI=1S/C46H35Cl3F2N8O2/c1-24-40(49)39-41(51)26(18-32(48)46(39)57-42(24)34-8-4-6-12-53-34)16-29-23-59(14-15-61-29)37-19-36(30(22-55-37)27-17-28(60-3)21-52-20-27)56-44-25(2)43(35-9-5-7-13-54-35)58-45-31(47)10-11-33(50)38(44)45/h4-13,17-22,29H,14-16,23H2,1-3H3,(H,55,56,58)/t29-/m0/s1. The molecule has 0 amide bonds. The number of ether oxygens (including phenoxy) is 2. The van der Waals surface area contributed by atoms with E-state index in [-0.39, 0.29) is 43.3 Å². The molecule has 0 spiro atoms. The number of fused-ring (bicyclic) bond motifs is 2. The van der Waals surface area contributed by atoms with Gasteiger partial charge < -0.3 is 19.7 Å². The average molecular weight is 876 g/mol. The highest BCUT2D eigenvalue weighted by Gasteiger charge is 2.28. The van der Waals surface area contributed by atoms with Crippen molar-refractivity contribution in [1.29, 1.82) is 0 Å². The fourth-order valence-corrected chi connectivity index (χ4v) is 8.45. The van der Waals surface area contributed by atoms with Crippen LogP contribution in [0.4, 0.5) is 26.0 Å². The van der Waals surface area contributed by atoms with E-state index in [2.05, 4.69) is 25.2 Å². The third-order valence-electron chi connectivity index (χ3n) is 10.8. The van der Waals surface area contributed by atoms with Gasteiger partial charge in [-0.1, -0.05) is 46.9 Å². The molecule has 61 heavy (non-hydrogen) atoms. The summed E-state index contributed by atoms with van der Waals surface area (Å²) in [5.74, 6) is 0.149. The Morgan fingerprint density at radius 2 is 1.54 bits per heavy atom. The van der Waals surface area contributed by atoms with Gasteiger partial charge in [-0.3, -0.25) is 15.0 Å². The number of rotatable bonds is 9. The average Bonchev–Trinajstić information content (AvgIpc) is 3.29. The van der Waals surface area contributed by atoms with Gasteiger partial charge in [-0.25, -0.2) is 23.7 Å². The van der Waals surface area contributed by atoms with Gasteiger partial charge >= 0.3 is 0 Å². The number of hydrogen-bond donors (Lipinski definition) is 1. The Hall–Kier alpha value is -6.05. The normalized spacial score (nSPS) is 14.2. The molecule has 0 saturated carbocycles. The predicted molar refractivity (Wildman–Crippen MR) is 237 cm³/mol. The van der Waals surface area contributed by atoms with Crippen LogP contribution in [0.25, 0.3) is 55.7 Å². The molecule has 0 unspecified atom stereocenters. The predicted octanol–water partition coefficient (Wildman–Crippen LogP) is 11.4. The van der Waals surface area contributed by atoms with Crippen LogP contribution in [0.15, 0.2) is 97.7 Å². The van der Waals surface area contributed by atoms with Crippen molar-refractivity contribution in [2.24, 2.45) is 0 Å². The Bertz CT molecular complexity index is 2980. The van der Waals surface area contributed by atoms with Crippen LogP contribution >= 0.6 is 34.8 Å². The maximum absolute atomic E-state index is 16.5. The number of anilines is 3. The molecule has 1 fully saturated rings. The minimum atomic E-state index is -0.508. The van der Waals surface area contributed by atoms with Crippen LogP contribution in [0.2, 0.25) is 15.1 Å². The summed E-state index contributed by atoms with van der Waals surface area (Å²) < 4.78 is 44.2. The first-order chi connectivity index (χ1) is 29.6. The summed E-state index contributed by atoms with van der Waals surface area (Å²) in [6, 6.07) is 19.1. The van der Waals surface area contributed by atoms with E-state index < -0.39 is 17.7 Å². The van der Waals surface area contributed by atoms with Gasteiger partial charge in [-0.2, -0.15) is 0 Å². The van der Waals surface area contributed by atoms with E-state index in [0.29, 0.717) is 93.2 Å². The topological polar surface area (TPSA) is 111 Å². The zero-order valence-corrected chi connectivity index (χ0v) is 35.2. The lowest BCUT2D eigenvalue weighted by molar-refractivity contribution is 0.0403. The third-order valence-corrected chi connectivity index (χ3v) is 11.9. The zero-order chi connectivity index (χ0) is 42.4. The van der Waals surface area contributed by atoms with Gasteiger partial charge in [0.1, 0.15) is 23.2 Å². The number of aromatic nitrogens is 6. The molecule has 0 bridgehead atoms. The van der Waals surface area contributed by atoms with Crippen molar-refractivity contribution in [2.45, 2.75) is 26.4 Å². The van der Waals surface area contributed by atoms with Crippen molar-refractivity contribution in [3.63, 3.8) is 0 Å². The Morgan fingerprint density at radius 3 is 2.25 bits per heavy atom. The molecular weight excluding hydrogens is 841 g/mol. The quantitative estimate of drug-likeness (QED) is 0.150. The molecule has 1 N–H and O–H groups in total. The van der Waals surface area contributed by atoms with E-state index in [1.807, 2.05) is 49.4 Å². The van der Waals surface area contributed by atoms with Crippen LogP contribution in [0.5, 0.6) is 5.75 Å². The van der Waals surface area contributed by atoms with Crippen LogP contribution in [0, 0.1) is 25.5 Å². The van der Waals surface area contributed by atoms with Crippen LogP contribution in [0.3, 0.4) is 0 Å². The van der Waals surface area contributed by atoms with Gasteiger partial charge in [0.15, 0.2) is 0 Å². The molecule has 1 aliphatic heterocycles. The first-order valence-corrected chi connectivity index (χ1v) is 20.4. The number of hydrogen-bond acceptors (Lipinski definition) is 10. The molecule has 1 atom stereocenters. The van der Waals surface area contributed by atoms with E-state index in [9.17, 15) is 0 Å². The number of halogens is 5. The van der Waals surface area contributed by atoms with Crippen LogP contribution < -0.4 is 15.0 Å². The zero-order valence-electron chi connectivity index (χ0n) is 33.0. The summed E-state index contributed by atoms with van der Waals surface area (Å²) in [6.45, 7) is 4.87. The second-order valence-electron chi connectivity index (χ2n) is 14.6. The smallest absolute Gasteiger partial charge is 0.137 e. The van der Waals surface area contributed by atoms with Gasteiger partial charge in [0.25, 0.3) is 0 Å². The van der Waals surface area contributed by atoms with Crippen molar-refractivity contribution in [3.8, 4) is 39.7 Å². The monoisotopic (exact) mass is 874 g/mol. The highest BCUT2D eigenvalue weighted by atomic mass is 35.5. The van der Waals surface area contributed by atoms with E-state index in [1.165, 1.54) is 12.1 Å². The van der Waals surface area contributed by atoms with Gasteiger partial charge in [0.05, 0.1) is 97.0 Å². The van der Waals surface area contributed by atoms with Crippen molar-refractivity contribution in [3.05, 3.63) is 141 Å². The van der Waals surface area contributed by atoms with Gasteiger partial charge in [-0.15, -0.1) is 0 Å². The number of morpholine rings is 1. The summed E-state index contributed by atoms with van der Waals surface area (Å²) in [6.07, 6.45) is 8.14. The molecule has 1 aliphatic rings. The number of methoxy groups -OCH3 is 1. The third kappa shape index (κ3) is 7.65. The molecule has 306 valence electrons. The molecule has 2 aromatic carbocycles. The number of benzene rings is 2.